The van der Waals surface area contributed by atoms with Crippen LogP contribution in [0.2, 0.25) is 0 Å². The molecule has 1 aliphatic heterocycles. The van der Waals surface area contributed by atoms with E-state index in [0.29, 0.717) is 25.4 Å². The molecular weight excluding hydrogens is 284 g/mol. The van der Waals surface area contributed by atoms with E-state index in [1.807, 2.05) is 0 Å². The Balaban J connectivity index is 2.20. The van der Waals surface area contributed by atoms with Crippen LogP contribution >= 0.6 is 0 Å². The summed E-state index contributed by atoms with van der Waals surface area (Å²) in [5.74, 6) is 0.568. The molecule has 0 spiro atoms. The molecule has 0 aliphatic carbocycles. The third-order valence-corrected chi connectivity index (χ3v) is 4.06. The minimum absolute atomic E-state index is 0.0579. The van der Waals surface area contributed by atoms with Crippen molar-refractivity contribution in [3.63, 3.8) is 0 Å². The number of ether oxygens (including phenoxy) is 2. The Morgan fingerprint density at radius 1 is 1.45 bits per heavy atom. The minimum Gasteiger partial charge on any atom is -0.383 e. The van der Waals surface area contributed by atoms with E-state index in [1.165, 1.54) is 4.57 Å². The number of nitrogens with two attached hydrogens (primary N) is 1. The molecule has 0 radical (unpaired) electrons. The van der Waals surface area contributed by atoms with Gasteiger partial charge in [-0.25, -0.2) is 13.6 Å². The average molecular weight is 304 g/mol. The first-order valence-corrected chi connectivity index (χ1v) is 8.12. The largest absolute Gasteiger partial charge is 0.383 e. The number of hydrogen-bond donors (Lipinski definition) is 1. The summed E-state index contributed by atoms with van der Waals surface area (Å²) in [5.41, 5.74) is 0. The molecule has 114 valence electrons. The van der Waals surface area contributed by atoms with Gasteiger partial charge in [0.1, 0.15) is 5.82 Å². The summed E-state index contributed by atoms with van der Waals surface area (Å²) in [6.07, 6.45) is 3.71. The summed E-state index contributed by atoms with van der Waals surface area (Å²) < 4.78 is 35.1. The van der Waals surface area contributed by atoms with Gasteiger partial charge >= 0.3 is 0 Å². The molecule has 0 amide bonds. The van der Waals surface area contributed by atoms with Crippen LogP contribution in [0.25, 0.3) is 0 Å². The quantitative estimate of drug-likeness (QED) is 0.771. The van der Waals surface area contributed by atoms with Gasteiger partial charge in [-0.1, -0.05) is 0 Å². The molecule has 8 nitrogen and oxygen atoms in total. The highest BCUT2D eigenvalue weighted by Gasteiger charge is 2.24. The first-order chi connectivity index (χ1) is 9.52. The Morgan fingerprint density at radius 3 is 2.85 bits per heavy atom. The number of sulfonamides is 1. The zero-order valence-corrected chi connectivity index (χ0v) is 12.3. The summed E-state index contributed by atoms with van der Waals surface area (Å²) in [5, 5.41) is 12.6. The maximum absolute atomic E-state index is 11.5. The maximum Gasteiger partial charge on any atom is 0.273 e. The fourth-order valence-corrected chi connectivity index (χ4v) is 2.92. The van der Waals surface area contributed by atoms with Crippen molar-refractivity contribution in [3.05, 3.63) is 5.82 Å². The van der Waals surface area contributed by atoms with Gasteiger partial charge in [-0.15, -0.1) is 10.2 Å². The second-order valence-electron chi connectivity index (χ2n) is 4.78. The summed E-state index contributed by atoms with van der Waals surface area (Å²) >= 11 is 0. The lowest BCUT2D eigenvalue weighted by Gasteiger charge is -2.22. The van der Waals surface area contributed by atoms with E-state index >= 15 is 0 Å². The van der Waals surface area contributed by atoms with Gasteiger partial charge in [-0.05, 0) is 19.3 Å². The Hall–Kier alpha value is -1.03. The van der Waals surface area contributed by atoms with Gasteiger partial charge in [0.05, 0.1) is 12.7 Å². The predicted molar refractivity (Wildman–Crippen MR) is 70.6 cm³/mol. The van der Waals surface area contributed by atoms with Crippen LogP contribution in [0.4, 0.5) is 0 Å². The van der Waals surface area contributed by atoms with Crippen LogP contribution in [-0.2, 0) is 32.5 Å². The summed E-state index contributed by atoms with van der Waals surface area (Å²) in [6, 6.07) is 0. The number of rotatable bonds is 6. The van der Waals surface area contributed by atoms with Crippen molar-refractivity contribution in [3.8, 4) is 0 Å². The normalized spacial score (nSPS) is 20.2. The molecule has 1 atom stereocenters. The molecular formula is C11H20N4O4S. The van der Waals surface area contributed by atoms with Gasteiger partial charge in [0.25, 0.3) is 15.2 Å². The molecule has 0 bridgehead atoms. The lowest BCUT2D eigenvalue weighted by molar-refractivity contribution is 0.0149. The summed E-state index contributed by atoms with van der Waals surface area (Å²) in [7, 11) is -2.34. The zero-order chi connectivity index (χ0) is 14.6. The van der Waals surface area contributed by atoms with Gasteiger partial charge in [0.15, 0.2) is 0 Å². The number of methoxy groups -OCH3 is 1. The van der Waals surface area contributed by atoms with Gasteiger partial charge in [0, 0.05) is 26.7 Å². The number of hydrogen-bond acceptors (Lipinski definition) is 6. The Bertz CT molecular complexity index is 537. The lowest BCUT2D eigenvalue weighted by atomic mass is 10.1. The number of nitrogens with zero attached hydrogens (tertiary/aromatic N) is 3. The number of primary sulfonamides is 1. The van der Waals surface area contributed by atoms with Gasteiger partial charge in [-0.2, -0.15) is 0 Å². The highest BCUT2D eigenvalue weighted by molar-refractivity contribution is 7.89. The van der Waals surface area contributed by atoms with Crippen molar-refractivity contribution in [1.82, 2.24) is 14.8 Å². The van der Waals surface area contributed by atoms with E-state index in [1.54, 1.807) is 7.11 Å². The first-order valence-electron chi connectivity index (χ1n) is 6.58. The molecule has 0 saturated carbocycles. The second kappa shape index (κ2) is 6.61. The molecule has 1 unspecified atom stereocenters. The summed E-state index contributed by atoms with van der Waals surface area (Å²) in [6.45, 7) is 1.44. The van der Waals surface area contributed by atoms with Gasteiger partial charge in [0.2, 0.25) is 0 Å². The van der Waals surface area contributed by atoms with E-state index in [0.717, 1.165) is 25.9 Å². The van der Waals surface area contributed by atoms with Crippen molar-refractivity contribution < 1.29 is 17.9 Å². The van der Waals surface area contributed by atoms with Gasteiger partial charge in [-0.3, -0.25) is 4.57 Å². The molecule has 1 saturated heterocycles. The van der Waals surface area contributed by atoms with E-state index in [2.05, 4.69) is 10.2 Å². The SMILES string of the molecule is COCCn1c(CC2CCCCO2)nnc1S(N)(=O)=O. The van der Waals surface area contributed by atoms with E-state index in [4.69, 9.17) is 14.6 Å². The average Bonchev–Trinajstić information content (AvgIpc) is 2.80. The molecule has 2 rings (SSSR count). The zero-order valence-electron chi connectivity index (χ0n) is 11.5. The Kier molecular flexibility index (Phi) is 5.08. The van der Waals surface area contributed by atoms with E-state index < -0.39 is 10.0 Å². The highest BCUT2D eigenvalue weighted by Crippen LogP contribution is 2.18. The van der Waals surface area contributed by atoms with Crippen LogP contribution in [0.5, 0.6) is 0 Å². The topological polar surface area (TPSA) is 109 Å². The number of aromatic nitrogens is 3. The summed E-state index contributed by atoms with van der Waals surface area (Å²) in [4.78, 5) is 0. The van der Waals surface area contributed by atoms with Crippen molar-refractivity contribution in [2.75, 3.05) is 20.3 Å². The van der Waals surface area contributed by atoms with Crippen LogP contribution < -0.4 is 5.14 Å². The molecule has 2 heterocycles. The standard InChI is InChI=1S/C11H20N4O4S/c1-18-7-5-15-10(8-9-4-2-3-6-19-9)13-14-11(15)20(12,16)17/h9H,2-8H2,1H3,(H2,12,16,17). The monoisotopic (exact) mass is 304 g/mol. The molecule has 1 aliphatic rings. The van der Waals surface area contributed by atoms with Crippen LogP contribution in [0.3, 0.4) is 0 Å². The van der Waals surface area contributed by atoms with Crippen LogP contribution in [0.1, 0.15) is 25.1 Å². The van der Waals surface area contributed by atoms with Crippen molar-refractivity contribution >= 4 is 10.0 Å². The molecule has 9 heteroatoms. The predicted octanol–water partition coefficient (Wildman–Crippen LogP) is -0.316. The van der Waals surface area contributed by atoms with E-state index in [-0.39, 0.29) is 11.3 Å². The van der Waals surface area contributed by atoms with Crippen molar-refractivity contribution in [1.29, 1.82) is 0 Å². The van der Waals surface area contributed by atoms with Crippen molar-refractivity contribution in [2.45, 2.75) is 43.5 Å². The third-order valence-electron chi connectivity index (χ3n) is 3.25. The Morgan fingerprint density at radius 2 is 2.25 bits per heavy atom. The molecule has 1 aromatic heterocycles. The van der Waals surface area contributed by atoms with Crippen molar-refractivity contribution in [2.24, 2.45) is 5.14 Å². The minimum atomic E-state index is -3.89. The molecule has 1 fully saturated rings. The molecule has 2 N–H and O–H groups in total. The fourth-order valence-electron chi connectivity index (χ4n) is 2.26. The fraction of sp³-hybridized carbons (Fsp3) is 0.818. The van der Waals surface area contributed by atoms with Crippen LogP contribution in [0, 0.1) is 0 Å². The van der Waals surface area contributed by atoms with E-state index in [9.17, 15) is 8.42 Å². The lowest BCUT2D eigenvalue weighted by Crippen LogP contribution is -2.25. The smallest absolute Gasteiger partial charge is 0.273 e. The van der Waals surface area contributed by atoms with Gasteiger partial charge < -0.3 is 9.47 Å². The molecule has 0 aromatic carbocycles. The molecule has 20 heavy (non-hydrogen) atoms. The first kappa shape index (κ1) is 15.4. The second-order valence-corrected chi connectivity index (χ2v) is 6.24. The van der Waals surface area contributed by atoms with Crippen LogP contribution in [0.15, 0.2) is 5.16 Å². The van der Waals surface area contributed by atoms with Crippen LogP contribution in [-0.4, -0.2) is 49.6 Å². The molecule has 1 aromatic rings. The highest BCUT2D eigenvalue weighted by atomic mass is 32.2. The maximum atomic E-state index is 11.5. The Labute approximate surface area is 118 Å². The third kappa shape index (κ3) is 3.75.